The van der Waals surface area contributed by atoms with Crippen molar-refractivity contribution in [2.24, 2.45) is 0 Å². The minimum Gasteiger partial charge on any atom is -0.504 e. The highest BCUT2D eigenvalue weighted by atomic mass is 16.5. The number of hydrogen-bond acceptors (Lipinski definition) is 8. The molecular weight excluding hydrogens is 400 g/mol. The lowest BCUT2D eigenvalue weighted by molar-refractivity contribution is -0.113. The number of nitrogens with one attached hydrogen (secondary N) is 2. The van der Waals surface area contributed by atoms with Gasteiger partial charge in [-0.1, -0.05) is 23.3 Å². The number of aromatic nitrogens is 4. The molecule has 3 aromatic rings. The van der Waals surface area contributed by atoms with Gasteiger partial charge in [-0.2, -0.15) is 4.68 Å². The molecule has 160 valence electrons. The largest absolute Gasteiger partial charge is 0.504 e. The van der Waals surface area contributed by atoms with E-state index in [1.54, 1.807) is 38.3 Å². The SMILES string of the molecule is CCOc1cc([C@H]2C(C(=O)Nc3ccccc3OC)=C(C)Nc3nnnn32)ccc1O. The number of phenols is 1. The van der Waals surface area contributed by atoms with Gasteiger partial charge in [0, 0.05) is 5.70 Å². The van der Waals surface area contributed by atoms with Crippen LogP contribution in [0.3, 0.4) is 0 Å². The second kappa shape index (κ2) is 8.34. The number of ether oxygens (including phenoxy) is 2. The van der Waals surface area contributed by atoms with Gasteiger partial charge in [-0.25, -0.2) is 0 Å². The summed E-state index contributed by atoms with van der Waals surface area (Å²) in [5, 5.41) is 27.9. The van der Waals surface area contributed by atoms with E-state index in [9.17, 15) is 9.90 Å². The third kappa shape index (κ3) is 3.75. The summed E-state index contributed by atoms with van der Waals surface area (Å²) in [6, 6.07) is 11.4. The van der Waals surface area contributed by atoms with Crippen LogP contribution in [0.5, 0.6) is 17.2 Å². The van der Waals surface area contributed by atoms with Crippen LogP contribution in [0.2, 0.25) is 0 Å². The molecule has 1 aliphatic heterocycles. The first-order valence-electron chi connectivity index (χ1n) is 9.69. The molecule has 0 radical (unpaired) electrons. The first-order valence-corrected chi connectivity index (χ1v) is 9.69. The van der Waals surface area contributed by atoms with Crippen molar-refractivity contribution in [1.29, 1.82) is 0 Å². The number of phenolic OH excluding ortho intramolecular Hbond substituents is 1. The van der Waals surface area contributed by atoms with Gasteiger partial charge in [0.2, 0.25) is 5.95 Å². The number of fused-ring (bicyclic) bond motifs is 1. The van der Waals surface area contributed by atoms with E-state index in [-0.39, 0.29) is 11.7 Å². The van der Waals surface area contributed by atoms with Crippen LogP contribution >= 0.6 is 0 Å². The van der Waals surface area contributed by atoms with Gasteiger partial charge >= 0.3 is 0 Å². The van der Waals surface area contributed by atoms with Crippen molar-refractivity contribution in [2.45, 2.75) is 19.9 Å². The summed E-state index contributed by atoms with van der Waals surface area (Å²) in [6.45, 7) is 3.99. The van der Waals surface area contributed by atoms with Crippen LogP contribution in [0.25, 0.3) is 0 Å². The molecule has 1 amide bonds. The average molecular weight is 422 g/mol. The number of benzene rings is 2. The number of anilines is 2. The fourth-order valence-corrected chi connectivity index (χ4v) is 3.52. The maximum absolute atomic E-state index is 13.4. The molecule has 0 saturated carbocycles. The number of aromatic hydroxyl groups is 1. The lowest BCUT2D eigenvalue weighted by Gasteiger charge is -2.28. The molecule has 0 fully saturated rings. The van der Waals surface area contributed by atoms with Gasteiger partial charge in [-0.15, -0.1) is 0 Å². The highest BCUT2D eigenvalue weighted by molar-refractivity contribution is 6.06. The van der Waals surface area contributed by atoms with Crippen LogP contribution < -0.4 is 20.1 Å². The van der Waals surface area contributed by atoms with Gasteiger partial charge in [-0.3, -0.25) is 4.79 Å². The molecule has 31 heavy (non-hydrogen) atoms. The van der Waals surface area contributed by atoms with E-state index in [1.807, 2.05) is 19.1 Å². The normalized spacial score (nSPS) is 15.1. The lowest BCUT2D eigenvalue weighted by Crippen LogP contribution is -2.31. The fraction of sp³-hybridized carbons (Fsp3) is 0.238. The predicted molar refractivity (Wildman–Crippen MR) is 113 cm³/mol. The number of amides is 1. The predicted octanol–water partition coefficient (Wildman–Crippen LogP) is 2.71. The smallest absolute Gasteiger partial charge is 0.255 e. The van der Waals surface area contributed by atoms with Crippen LogP contribution in [-0.4, -0.2) is 44.9 Å². The van der Waals surface area contributed by atoms with Crippen molar-refractivity contribution in [3.8, 4) is 17.2 Å². The number of methoxy groups -OCH3 is 1. The summed E-state index contributed by atoms with van der Waals surface area (Å²) >= 11 is 0. The Morgan fingerprint density at radius 1 is 1.26 bits per heavy atom. The van der Waals surface area contributed by atoms with Crippen LogP contribution in [0, 0.1) is 0 Å². The van der Waals surface area contributed by atoms with Crippen molar-refractivity contribution >= 4 is 17.5 Å². The number of hydrogen-bond donors (Lipinski definition) is 3. The van der Waals surface area contributed by atoms with E-state index in [0.29, 0.717) is 46.6 Å². The maximum Gasteiger partial charge on any atom is 0.255 e. The van der Waals surface area contributed by atoms with E-state index in [1.165, 1.54) is 10.7 Å². The molecule has 0 spiro atoms. The van der Waals surface area contributed by atoms with E-state index < -0.39 is 6.04 Å². The summed E-state index contributed by atoms with van der Waals surface area (Å²) in [6.07, 6.45) is 0. The highest BCUT2D eigenvalue weighted by Gasteiger charge is 2.34. The third-order valence-electron chi connectivity index (χ3n) is 4.91. The zero-order valence-corrected chi connectivity index (χ0v) is 17.3. The van der Waals surface area contributed by atoms with Crippen molar-refractivity contribution in [3.63, 3.8) is 0 Å². The van der Waals surface area contributed by atoms with Crippen LogP contribution in [-0.2, 0) is 4.79 Å². The van der Waals surface area contributed by atoms with Crippen LogP contribution in [0.4, 0.5) is 11.6 Å². The number of carbonyl (C=O) groups excluding carboxylic acids is 1. The number of tetrazole rings is 1. The van der Waals surface area contributed by atoms with Crippen molar-refractivity contribution in [1.82, 2.24) is 20.2 Å². The maximum atomic E-state index is 13.4. The molecule has 3 N–H and O–H groups in total. The summed E-state index contributed by atoms with van der Waals surface area (Å²) in [5.41, 5.74) is 2.24. The van der Waals surface area contributed by atoms with E-state index in [2.05, 4.69) is 26.2 Å². The van der Waals surface area contributed by atoms with Crippen LogP contribution in [0.15, 0.2) is 53.7 Å². The first kappa shape index (κ1) is 20.2. The highest BCUT2D eigenvalue weighted by Crippen LogP contribution is 2.38. The molecule has 2 heterocycles. The minimum atomic E-state index is -0.638. The monoisotopic (exact) mass is 422 g/mol. The Morgan fingerprint density at radius 3 is 2.84 bits per heavy atom. The van der Waals surface area contributed by atoms with Crippen molar-refractivity contribution in [3.05, 3.63) is 59.3 Å². The second-order valence-corrected chi connectivity index (χ2v) is 6.83. The topological polar surface area (TPSA) is 123 Å². The van der Waals surface area contributed by atoms with Gasteiger partial charge in [0.15, 0.2) is 11.5 Å². The molecule has 10 nitrogen and oxygen atoms in total. The van der Waals surface area contributed by atoms with Gasteiger partial charge < -0.3 is 25.2 Å². The molecule has 2 aromatic carbocycles. The molecule has 1 atom stereocenters. The minimum absolute atomic E-state index is 0.0113. The zero-order chi connectivity index (χ0) is 22.0. The Balaban J connectivity index is 1.78. The van der Waals surface area contributed by atoms with E-state index >= 15 is 0 Å². The van der Waals surface area contributed by atoms with Gasteiger partial charge in [-0.05, 0) is 54.1 Å². The second-order valence-electron chi connectivity index (χ2n) is 6.83. The Hall–Kier alpha value is -4.08. The van der Waals surface area contributed by atoms with Crippen LogP contribution in [0.1, 0.15) is 25.5 Å². The van der Waals surface area contributed by atoms with Gasteiger partial charge in [0.25, 0.3) is 5.91 Å². The zero-order valence-electron chi connectivity index (χ0n) is 17.3. The van der Waals surface area contributed by atoms with Gasteiger partial charge in [0.1, 0.15) is 11.8 Å². The third-order valence-corrected chi connectivity index (χ3v) is 4.91. The quantitative estimate of drug-likeness (QED) is 0.554. The summed E-state index contributed by atoms with van der Waals surface area (Å²) in [4.78, 5) is 13.4. The number of rotatable bonds is 6. The molecule has 0 unspecified atom stereocenters. The molecule has 10 heteroatoms. The number of allylic oxidation sites excluding steroid dienone is 1. The molecule has 1 aliphatic rings. The van der Waals surface area contributed by atoms with Gasteiger partial charge in [0.05, 0.1) is 25.0 Å². The Morgan fingerprint density at radius 2 is 2.06 bits per heavy atom. The molecule has 0 aliphatic carbocycles. The molecule has 0 bridgehead atoms. The summed E-state index contributed by atoms with van der Waals surface area (Å²) < 4.78 is 12.4. The summed E-state index contributed by atoms with van der Waals surface area (Å²) in [7, 11) is 1.54. The standard InChI is InChI=1S/C21H22N6O4/c1-4-31-17-11-13(9-10-15(17)28)19-18(12(2)22-21-24-25-26-27(19)21)20(29)23-14-7-5-6-8-16(14)30-3/h5-11,19,28H,4H2,1-3H3,(H,23,29)(H,22,24,26)/t19-/m0/s1. The number of carbonyl (C=O) groups is 1. The fourth-order valence-electron chi connectivity index (χ4n) is 3.52. The summed E-state index contributed by atoms with van der Waals surface area (Å²) in [5.74, 6) is 0.933. The number of para-hydroxylation sites is 2. The lowest BCUT2D eigenvalue weighted by atomic mass is 9.94. The van der Waals surface area contributed by atoms with Crippen molar-refractivity contribution in [2.75, 3.05) is 24.4 Å². The van der Waals surface area contributed by atoms with E-state index in [4.69, 9.17) is 9.47 Å². The first-order chi connectivity index (χ1) is 15.0. The molecule has 1 aromatic heterocycles. The number of nitrogens with zero attached hydrogens (tertiary/aromatic N) is 4. The Labute approximate surface area is 178 Å². The van der Waals surface area contributed by atoms with Crippen molar-refractivity contribution < 1.29 is 19.4 Å². The molecule has 4 rings (SSSR count). The average Bonchev–Trinajstić information content (AvgIpc) is 3.23. The Bertz CT molecular complexity index is 1160. The van der Waals surface area contributed by atoms with E-state index in [0.717, 1.165) is 0 Å². The molecular formula is C21H22N6O4. The Kier molecular flexibility index (Phi) is 5.44. The molecule has 0 saturated heterocycles.